The third-order valence-corrected chi connectivity index (χ3v) is 8.33. The van der Waals surface area contributed by atoms with Gasteiger partial charge in [-0.15, -0.1) is 0 Å². The van der Waals surface area contributed by atoms with E-state index in [1.807, 2.05) is 115 Å². The van der Waals surface area contributed by atoms with Gasteiger partial charge in [-0.05, 0) is 53.6 Å². The molecule has 0 radical (unpaired) electrons. The average molecular weight is 604 g/mol. The Labute approximate surface area is 270 Å². The molecular formula is C41H25N5O. The summed E-state index contributed by atoms with van der Waals surface area (Å²) in [6.07, 6.45) is 0. The summed E-state index contributed by atoms with van der Waals surface area (Å²) < 4.78 is 5.98. The lowest BCUT2D eigenvalue weighted by atomic mass is 10.0. The van der Waals surface area contributed by atoms with Gasteiger partial charge in [0.1, 0.15) is 11.1 Å². The van der Waals surface area contributed by atoms with Gasteiger partial charge in [-0.25, -0.2) is 24.9 Å². The van der Waals surface area contributed by atoms with Crippen molar-refractivity contribution in [2.24, 2.45) is 0 Å². The van der Waals surface area contributed by atoms with Gasteiger partial charge in [0.15, 0.2) is 23.1 Å². The Bertz CT molecular complexity index is 2520. The minimum atomic E-state index is 0.619. The zero-order chi connectivity index (χ0) is 31.2. The predicted molar refractivity (Wildman–Crippen MR) is 187 cm³/mol. The lowest BCUT2D eigenvalue weighted by molar-refractivity contribution is 0.668. The van der Waals surface area contributed by atoms with E-state index in [0.29, 0.717) is 17.5 Å². The van der Waals surface area contributed by atoms with Gasteiger partial charge in [0.2, 0.25) is 0 Å². The summed E-state index contributed by atoms with van der Waals surface area (Å²) in [6, 6.07) is 50.7. The van der Waals surface area contributed by atoms with Crippen LogP contribution in [-0.4, -0.2) is 24.9 Å². The highest BCUT2D eigenvalue weighted by molar-refractivity contribution is 6.03. The van der Waals surface area contributed by atoms with Crippen LogP contribution in [0.3, 0.4) is 0 Å². The second-order valence-corrected chi connectivity index (χ2v) is 11.4. The Kier molecular flexibility index (Phi) is 6.35. The van der Waals surface area contributed by atoms with Gasteiger partial charge in [0, 0.05) is 27.5 Å². The number of hydrogen-bond acceptors (Lipinski definition) is 6. The zero-order valence-electron chi connectivity index (χ0n) is 25.1. The highest BCUT2D eigenvalue weighted by Crippen LogP contribution is 2.32. The molecule has 9 rings (SSSR count). The van der Waals surface area contributed by atoms with Crippen LogP contribution >= 0.6 is 0 Å². The Morgan fingerprint density at radius 3 is 1.70 bits per heavy atom. The molecule has 0 fully saturated rings. The van der Waals surface area contributed by atoms with Crippen LogP contribution in [0.5, 0.6) is 0 Å². The fourth-order valence-corrected chi connectivity index (χ4v) is 5.95. The molecule has 0 saturated heterocycles. The molecular weight excluding hydrogens is 578 g/mol. The number of para-hydroxylation sites is 1. The molecule has 4 heterocycles. The van der Waals surface area contributed by atoms with Gasteiger partial charge in [-0.1, -0.05) is 109 Å². The van der Waals surface area contributed by atoms with Gasteiger partial charge in [0.25, 0.3) is 0 Å². The van der Waals surface area contributed by atoms with E-state index in [2.05, 4.69) is 36.4 Å². The molecule has 0 saturated carbocycles. The van der Waals surface area contributed by atoms with E-state index >= 15 is 0 Å². The standard InChI is InChI=1S/C41H25N5O/c1-3-10-27(11-4-1)39-44-40(28-12-5-2-6-13-28)46-41(45-39)31-15-9-14-29(24-31)30-19-18-26-20-21-33(42-35(26)25-30)34-22-23-37-38(43-34)32-16-7-8-17-36(32)47-37/h1-25H. The van der Waals surface area contributed by atoms with Gasteiger partial charge < -0.3 is 4.42 Å². The number of aromatic nitrogens is 5. The average Bonchev–Trinajstić information content (AvgIpc) is 3.53. The number of fused-ring (bicyclic) bond motifs is 4. The van der Waals surface area contributed by atoms with Crippen LogP contribution in [0.1, 0.15) is 0 Å². The molecule has 6 heteroatoms. The first-order valence-electron chi connectivity index (χ1n) is 15.4. The molecule has 5 aromatic carbocycles. The maximum absolute atomic E-state index is 5.98. The zero-order valence-corrected chi connectivity index (χ0v) is 25.1. The molecule has 0 bridgehead atoms. The number of hydrogen-bond donors (Lipinski definition) is 0. The molecule has 0 aliphatic rings. The summed E-state index contributed by atoms with van der Waals surface area (Å²) in [5, 5.41) is 2.05. The van der Waals surface area contributed by atoms with Crippen molar-refractivity contribution >= 4 is 33.0 Å². The van der Waals surface area contributed by atoms with E-state index in [0.717, 1.165) is 72.2 Å². The van der Waals surface area contributed by atoms with Crippen LogP contribution in [0.4, 0.5) is 0 Å². The normalized spacial score (nSPS) is 11.4. The minimum Gasteiger partial charge on any atom is -0.454 e. The van der Waals surface area contributed by atoms with Crippen molar-refractivity contribution < 1.29 is 4.42 Å². The second-order valence-electron chi connectivity index (χ2n) is 11.4. The largest absolute Gasteiger partial charge is 0.454 e. The number of nitrogens with zero attached hydrogens (tertiary/aromatic N) is 5. The molecule has 0 N–H and O–H groups in total. The molecule has 0 aliphatic carbocycles. The van der Waals surface area contributed by atoms with Crippen molar-refractivity contribution in [3.63, 3.8) is 0 Å². The van der Waals surface area contributed by atoms with Crippen LogP contribution in [0, 0.1) is 0 Å². The summed E-state index contributed by atoms with van der Waals surface area (Å²) in [5.41, 5.74) is 9.82. The van der Waals surface area contributed by atoms with Crippen molar-refractivity contribution in [3.05, 3.63) is 152 Å². The maximum Gasteiger partial charge on any atom is 0.164 e. The fraction of sp³-hybridized carbons (Fsp3) is 0. The molecule has 0 amide bonds. The van der Waals surface area contributed by atoms with Crippen LogP contribution in [0.2, 0.25) is 0 Å². The smallest absolute Gasteiger partial charge is 0.164 e. The number of pyridine rings is 2. The Morgan fingerprint density at radius 1 is 0.362 bits per heavy atom. The Morgan fingerprint density at radius 2 is 0.936 bits per heavy atom. The lowest BCUT2D eigenvalue weighted by Gasteiger charge is -2.10. The summed E-state index contributed by atoms with van der Waals surface area (Å²) in [5.74, 6) is 1.89. The monoisotopic (exact) mass is 603 g/mol. The van der Waals surface area contributed by atoms with Crippen LogP contribution in [-0.2, 0) is 0 Å². The molecule has 0 aliphatic heterocycles. The number of benzene rings is 5. The number of furan rings is 1. The number of rotatable bonds is 5. The third-order valence-electron chi connectivity index (χ3n) is 8.33. The lowest BCUT2D eigenvalue weighted by Crippen LogP contribution is -2.00. The first-order chi connectivity index (χ1) is 23.2. The molecule has 9 aromatic rings. The van der Waals surface area contributed by atoms with Crippen LogP contribution in [0.25, 0.3) is 89.7 Å². The molecule has 0 unspecified atom stereocenters. The Balaban J connectivity index is 1.11. The Hall–Kier alpha value is -6.53. The summed E-state index contributed by atoms with van der Waals surface area (Å²) in [4.78, 5) is 24.7. The quantitative estimate of drug-likeness (QED) is 0.195. The first kappa shape index (κ1) is 26.8. The molecule has 0 spiro atoms. The van der Waals surface area contributed by atoms with Gasteiger partial charge in [-0.3, -0.25) is 0 Å². The van der Waals surface area contributed by atoms with Gasteiger partial charge >= 0.3 is 0 Å². The highest BCUT2D eigenvalue weighted by Gasteiger charge is 2.14. The topological polar surface area (TPSA) is 77.6 Å². The molecule has 4 aromatic heterocycles. The molecule has 6 nitrogen and oxygen atoms in total. The second kappa shape index (κ2) is 11.1. The van der Waals surface area contributed by atoms with Crippen molar-refractivity contribution in [2.45, 2.75) is 0 Å². The van der Waals surface area contributed by atoms with Crippen molar-refractivity contribution in [1.29, 1.82) is 0 Å². The van der Waals surface area contributed by atoms with Crippen molar-refractivity contribution in [3.8, 4) is 56.7 Å². The molecule has 220 valence electrons. The van der Waals surface area contributed by atoms with E-state index in [1.54, 1.807) is 0 Å². The van der Waals surface area contributed by atoms with E-state index in [-0.39, 0.29) is 0 Å². The fourth-order valence-electron chi connectivity index (χ4n) is 5.95. The van der Waals surface area contributed by atoms with E-state index < -0.39 is 0 Å². The molecule has 0 atom stereocenters. The van der Waals surface area contributed by atoms with Crippen molar-refractivity contribution in [2.75, 3.05) is 0 Å². The third kappa shape index (κ3) is 4.98. The summed E-state index contributed by atoms with van der Waals surface area (Å²) in [7, 11) is 0. The van der Waals surface area contributed by atoms with E-state index in [4.69, 9.17) is 29.3 Å². The van der Waals surface area contributed by atoms with E-state index in [1.165, 1.54) is 0 Å². The van der Waals surface area contributed by atoms with Crippen LogP contribution < -0.4 is 0 Å². The first-order valence-corrected chi connectivity index (χ1v) is 15.4. The minimum absolute atomic E-state index is 0.619. The molecule has 47 heavy (non-hydrogen) atoms. The van der Waals surface area contributed by atoms with E-state index in [9.17, 15) is 0 Å². The maximum atomic E-state index is 5.98. The SMILES string of the molecule is c1ccc(-c2nc(-c3ccccc3)nc(-c3cccc(-c4ccc5ccc(-c6ccc7oc8ccccc8c7n6)nc5c4)c3)n2)cc1. The van der Waals surface area contributed by atoms with Gasteiger partial charge in [0.05, 0.1) is 16.9 Å². The summed E-state index contributed by atoms with van der Waals surface area (Å²) in [6.45, 7) is 0. The summed E-state index contributed by atoms with van der Waals surface area (Å²) >= 11 is 0. The highest BCUT2D eigenvalue weighted by atomic mass is 16.3. The van der Waals surface area contributed by atoms with Crippen molar-refractivity contribution in [1.82, 2.24) is 24.9 Å². The van der Waals surface area contributed by atoms with Gasteiger partial charge in [-0.2, -0.15) is 0 Å². The van der Waals surface area contributed by atoms with Crippen LogP contribution in [0.15, 0.2) is 156 Å². The predicted octanol–water partition coefficient (Wildman–Crippen LogP) is 10.0.